The summed E-state index contributed by atoms with van der Waals surface area (Å²) in [6, 6.07) is 3.86. The molecule has 1 aromatic carbocycles. The Morgan fingerprint density at radius 2 is 1.76 bits per heavy atom. The lowest BCUT2D eigenvalue weighted by molar-refractivity contribution is -0.139. The van der Waals surface area contributed by atoms with Crippen molar-refractivity contribution in [3.63, 3.8) is 0 Å². The summed E-state index contributed by atoms with van der Waals surface area (Å²) in [6.07, 6.45) is -5.38. The molecule has 0 aliphatic carbocycles. The summed E-state index contributed by atoms with van der Waals surface area (Å²) in [7, 11) is 1.37. The van der Waals surface area contributed by atoms with E-state index < -0.39 is 33.7 Å². The standard InChI is InChI=1S/C13H16ClF3O3S/c1-12(2,3)10-8-9(21(14,18)19)4-5-11(10)20-7-6-13(15,16)17/h4-5,8H,6-7H2,1-3H3. The molecular weight excluding hydrogens is 329 g/mol. The van der Waals surface area contributed by atoms with Crippen LogP contribution in [0.25, 0.3) is 0 Å². The molecule has 0 amide bonds. The van der Waals surface area contributed by atoms with Gasteiger partial charge in [-0.25, -0.2) is 8.42 Å². The highest BCUT2D eigenvalue weighted by molar-refractivity contribution is 8.13. The van der Waals surface area contributed by atoms with Gasteiger partial charge in [0, 0.05) is 16.2 Å². The number of rotatable bonds is 4. The number of benzene rings is 1. The molecule has 0 unspecified atom stereocenters. The van der Waals surface area contributed by atoms with Gasteiger partial charge in [-0.3, -0.25) is 0 Å². The van der Waals surface area contributed by atoms with Gasteiger partial charge in [-0.1, -0.05) is 20.8 Å². The van der Waals surface area contributed by atoms with Crippen molar-refractivity contribution in [3.05, 3.63) is 23.8 Å². The highest BCUT2D eigenvalue weighted by atomic mass is 35.7. The predicted molar refractivity (Wildman–Crippen MR) is 74.3 cm³/mol. The highest BCUT2D eigenvalue weighted by Crippen LogP contribution is 2.34. The quantitative estimate of drug-likeness (QED) is 0.767. The molecule has 1 aromatic rings. The average Bonchev–Trinajstić information content (AvgIpc) is 2.24. The Hall–Kier alpha value is -0.950. The molecule has 120 valence electrons. The van der Waals surface area contributed by atoms with Crippen LogP contribution < -0.4 is 4.74 Å². The van der Waals surface area contributed by atoms with Crippen LogP contribution in [-0.4, -0.2) is 21.2 Å². The van der Waals surface area contributed by atoms with E-state index in [0.717, 1.165) is 0 Å². The molecule has 0 radical (unpaired) electrons. The van der Waals surface area contributed by atoms with Crippen molar-refractivity contribution in [2.45, 2.75) is 43.7 Å². The molecule has 0 saturated heterocycles. The molecule has 0 aromatic heterocycles. The molecule has 8 heteroatoms. The Labute approximate surface area is 126 Å². The van der Waals surface area contributed by atoms with E-state index in [2.05, 4.69) is 0 Å². The Morgan fingerprint density at radius 3 is 2.19 bits per heavy atom. The highest BCUT2D eigenvalue weighted by Gasteiger charge is 2.28. The van der Waals surface area contributed by atoms with Crippen LogP contribution >= 0.6 is 10.7 Å². The predicted octanol–water partition coefficient (Wildman–Crippen LogP) is 4.24. The van der Waals surface area contributed by atoms with Crippen molar-refractivity contribution < 1.29 is 26.3 Å². The van der Waals surface area contributed by atoms with Gasteiger partial charge in [0.15, 0.2) is 0 Å². The van der Waals surface area contributed by atoms with Crippen LogP contribution in [-0.2, 0) is 14.5 Å². The van der Waals surface area contributed by atoms with Crippen LogP contribution in [0.3, 0.4) is 0 Å². The van der Waals surface area contributed by atoms with Gasteiger partial charge in [-0.2, -0.15) is 13.2 Å². The van der Waals surface area contributed by atoms with E-state index in [1.165, 1.54) is 18.2 Å². The van der Waals surface area contributed by atoms with Gasteiger partial charge < -0.3 is 4.74 Å². The molecular formula is C13H16ClF3O3S. The first-order chi connectivity index (χ1) is 9.31. The van der Waals surface area contributed by atoms with Crippen LogP contribution in [0, 0.1) is 0 Å². The number of ether oxygens (including phenoxy) is 1. The van der Waals surface area contributed by atoms with Gasteiger partial charge in [0.1, 0.15) is 5.75 Å². The van der Waals surface area contributed by atoms with E-state index in [-0.39, 0.29) is 10.6 Å². The first kappa shape index (κ1) is 18.1. The average molecular weight is 345 g/mol. The van der Waals surface area contributed by atoms with E-state index >= 15 is 0 Å². The monoisotopic (exact) mass is 344 g/mol. The van der Waals surface area contributed by atoms with Gasteiger partial charge >= 0.3 is 6.18 Å². The maximum Gasteiger partial charge on any atom is 0.392 e. The Bertz CT molecular complexity index is 604. The van der Waals surface area contributed by atoms with Crippen molar-refractivity contribution in [2.75, 3.05) is 6.61 Å². The Morgan fingerprint density at radius 1 is 1.19 bits per heavy atom. The Balaban J connectivity index is 3.10. The zero-order valence-corrected chi connectivity index (χ0v) is 13.4. The van der Waals surface area contributed by atoms with Crippen molar-refractivity contribution in [3.8, 4) is 5.75 Å². The summed E-state index contributed by atoms with van der Waals surface area (Å²) >= 11 is 0. The fourth-order valence-electron chi connectivity index (χ4n) is 1.65. The molecule has 3 nitrogen and oxygen atoms in total. The van der Waals surface area contributed by atoms with E-state index in [9.17, 15) is 21.6 Å². The first-order valence-corrected chi connectivity index (χ1v) is 8.40. The molecule has 0 aliphatic rings. The van der Waals surface area contributed by atoms with Gasteiger partial charge in [-0.15, -0.1) is 0 Å². The minimum Gasteiger partial charge on any atom is -0.493 e. The number of hydrogen-bond acceptors (Lipinski definition) is 3. The second kappa shape index (κ2) is 6.04. The van der Waals surface area contributed by atoms with Crippen molar-refractivity contribution >= 4 is 19.7 Å². The number of hydrogen-bond donors (Lipinski definition) is 0. The fraction of sp³-hybridized carbons (Fsp3) is 0.538. The molecule has 0 spiro atoms. The van der Waals surface area contributed by atoms with Gasteiger partial charge in [0.05, 0.1) is 17.9 Å². The topological polar surface area (TPSA) is 43.4 Å². The second-order valence-electron chi connectivity index (χ2n) is 5.56. The molecule has 0 atom stereocenters. The summed E-state index contributed by atoms with van der Waals surface area (Å²) in [5.41, 5.74) is -0.0306. The Kier molecular flexibility index (Phi) is 5.21. The lowest BCUT2D eigenvalue weighted by Crippen LogP contribution is -2.17. The van der Waals surface area contributed by atoms with Crippen molar-refractivity contribution in [2.24, 2.45) is 0 Å². The van der Waals surface area contributed by atoms with E-state index in [1.54, 1.807) is 20.8 Å². The van der Waals surface area contributed by atoms with Gasteiger partial charge in [0.2, 0.25) is 0 Å². The zero-order valence-electron chi connectivity index (χ0n) is 11.8. The first-order valence-electron chi connectivity index (χ1n) is 6.09. The lowest BCUT2D eigenvalue weighted by Gasteiger charge is -2.23. The van der Waals surface area contributed by atoms with E-state index in [0.29, 0.717) is 5.56 Å². The van der Waals surface area contributed by atoms with Gasteiger partial charge in [0.25, 0.3) is 9.05 Å². The van der Waals surface area contributed by atoms with Crippen molar-refractivity contribution in [1.82, 2.24) is 0 Å². The van der Waals surface area contributed by atoms with Crippen LogP contribution in [0.2, 0.25) is 0 Å². The summed E-state index contributed by atoms with van der Waals surface area (Å²) < 4.78 is 64.2. The molecule has 0 saturated carbocycles. The summed E-state index contributed by atoms with van der Waals surface area (Å²) in [5.74, 6) is 0.218. The molecule has 21 heavy (non-hydrogen) atoms. The SMILES string of the molecule is CC(C)(C)c1cc(S(=O)(=O)Cl)ccc1OCCC(F)(F)F. The van der Waals surface area contributed by atoms with Crippen molar-refractivity contribution in [1.29, 1.82) is 0 Å². The normalized spacial score (nSPS) is 13.3. The third-order valence-electron chi connectivity index (χ3n) is 2.68. The number of halogens is 4. The minimum atomic E-state index is -4.30. The second-order valence-corrected chi connectivity index (χ2v) is 8.13. The molecule has 0 heterocycles. The maximum absolute atomic E-state index is 12.1. The zero-order chi connectivity index (χ0) is 16.5. The van der Waals surface area contributed by atoms with Crippen LogP contribution in [0.5, 0.6) is 5.75 Å². The molecule has 0 fully saturated rings. The smallest absolute Gasteiger partial charge is 0.392 e. The minimum absolute atomic E-state index is 0.114. The fourth-order valence-corrected chi connectivity index (χ4v) is 2.43. The maximum atomic E-state index is 12.1. The summed E-state index contributed by atoms with van der Waals surface area (Å²) in [5, 5.41) is 0. The third-order valence-corrected chi connectivity index (χ3v) is 4.04. The molecule has 1 rings (SSSR count). The molecule has 0 bridgehead atoms. The van der Waals surface area contributed by atoms with Gasteiger partial charge in [-0.05, 0) is 23.6 Å². The summed E-state index contributed by atoms with van der Waals surface area (Å²) in [6.45, 7) is 4.86. The summed E-state index contributed by atoms with van der Waals surface area (Å²) in [4.78, 5) is -0.114. The van der Waals surface area contributed by atoms with E-state index in [1.807, 2.05) is 0 Å². The lowest BCUT2D eigenvalue weighted by atomic mass is 9.86. The molecule has 0 aliphatic heterocycles. The van der Waals surface area contributed by atoms with Crippen LogP contribution in [0.1, 0.15) is 32.8 Å². The number of alkyl halides is 3. The van der Waals surface area contributed by atoms with Crippen LogP contribution in [0.4, 0.5) is 13.2 Å². The third kappa shape index (κ3) is 5.74. The molecule has 0 N–H and O–H groups in total. The van der Waals surface area contributed by atoms with Crippen LogP contribution in [0.15, 0.2) is 23.1 Å². The van der Waals surface area contributed by atoms with E-state index in [4.69, 9.17) is 15.4 Å². The largest absolute Gasteiger partial charge is 0.493 e.